The minimum atomic E-state index is 1.000. The van der Waals surface area contributed by atoms with Crippen LogP contribution in [0.25, 0.3) is 0 Å². The first-order valence-electron chi connectivity index (χ1n) is 4.99. The zero-order valence-electron chi connectivity index (χ0n) is 9.67. The van der Waals surface area contributed by atoms with Gasteiger partial charge in [0.1, 0.15) is 0 Å². The van der Waals surface area contributed by atoms with Crippen LogP contribution in [-0.4, -0.2) is 30.4 Å². The largest absolute Gasteiger partial charge is 0.377 e. The lowest BCUT2D eigenvalue weighted by Crippen LogP contribution is -2.14. The maximum atomic E-state index is 4.04. The molecule has 2 heteroatoms. The van der Waals surface area contributed by atoms with E-state index in [0.29, 0.717) is 0 Å². The summed E-state index contributed by atoms with van der Waals surface area (Å²) in [6.45, 7) is 9.24. The van der Waals surface area contributed by atoms with Crippen molar-refractivity contribution in [3.05, 3.63) is 35.8 Å². The number of hydrogen-bond acceptors (Lipinski definition) is 2. The van der Waals surface area contributed by atoms with E-state index in [1.54, 1.807) is 0 Å². The van der Waals surface area contributed by atoms with Gasteiger partial charge in [-0.3, -0.25) is 0 Å². The first-order chi connectivity index (χ1) is 6.56. The molecule has 0 saturated heterocycles. The summed E-state index contributed by atoms with van der Waals surface area (Å²) < 4.78 is 0. The standard InChI is InChI=1S/C12H20N2/c1-6-7-13(4)9-12-8-10(2)14(5)11(12)3/h6-7H,2,8-9H2,1,3-5H3/b7-6+. The molecule has 14 heavy (non-hydrogen) atoms. The molecule has 1 aliphatic rings. The summed E-state index contributed by atoms with van der Waals surface area (Å²) in [5.41, 5.74) is 4.02. The third kappa shape index (κ3) is 2.19. The Kier molecular flexibility index (Phi) is 3.39. The van der Waals surface area contributed by atoms with Gasteiger partial charge in [0.15, 0.2) is 0 Å². The van der Waals surface area contributed by atoms with Gasteiger partial charge in [0.25, 0.3) is 0 Å². The van der Waals surface area contributed by atoms with E-state index >= 15 is 0 Å². The van der Waals surface area contributed by atoms with Crippen LogP contribution in [0.2, 0.25) is 0 Å². The molecule has 0 aliphatic carbocycles. The zero-order valence-corrected chi connectivity index (χ0v) is 9.67. The molecular formula is C12H20N2. The van der Waals surface area contributed by atoms with E-state index < -0.39 is 0 Å². The quantitative estimate of drug-likeness (QED) is 0.678. The molecule has 0 bridgehead atoms. The molecule has 0 aromatic carbocycles. The number of allylic oxidation sites excluding steroid dienone is 3. The molecule has 0 radical (unpaired) electrons. The van der Waals surface area contributed by atoms with Gasteiger partial charge in [0.05, 0.1) is 0 Å². The molecule has 0 amide bonds. The van der Waals surface area contributed by atoms with Crippen LogP contribution in [0, 0.1) is 0 Å². The van der Waals surface area contributed by atoms with Gasteiger partial charge < -0.3 is 9.80 Å². The van der Waals surface area contributed by atoms with Crippen LogP contribution in [0.5, 0.6) is 0 Å². The summed E-state index contributed by atoms with van der Waals surface area (Å²) in [5.74, 6) is 0. The molecule has 0 aromatic heterocycles. The van der Waals surface area contributed by atoms with Crippen molar-refractivity contribution in [1.82, 2.24) is 9.80 Å². The molecule has 0 fully saturated rings. The van der Waals surface area contributed by atoms with E-state index in [9.17, 15) is 0 Å². The normalized spacial score (nSPS) is 17.4. The van der Waals surface area contributed by atoms with Crippen LogP contribution < -0.4 is 0 Å². The topological polar surface area (TPSA) is 6.48 Å². The van der Waals surface area contributed by atoms with Crippen LogP contribution in [-0.2, 0) is 0 Å². The summed E-state index contributed by atoms with van der Waals surface area (Å²) in [6.07, 6.45) is 5.18. The van der Waals surface area contributed by atoms with Crippen molar-refractivity contribution in [1.29, 1.82) is 0 Å². The van der Waals surface area contributed by atoms with Crippen molar-refractivity contribution < 1.29 is 0 Å². The average molecular weight is 192 g/mol. The average Bonchev–Trinajstić information content (AvgIpc) is 2.34. The molecule has 0 N–H and O–H groups in total. The maximum absolute atomic E-state index is 4.04. The highest BCUT2D eigenvalue weighted by molar-refractivity contribution is 5.29. The van der Waals surface area contributed by atoms with E-state index in [-0.39, 0.29) is 0 Å². The lowest BCUT2D eigenvalue weighted by Gasteiger charge is -2.16. The van der Waals surface area contributed by atoms with Crippen LogP contribution in [0.1, 0.15) is 20.3 Å². The Bertz CT molecular complexity index is 287. The molecule has 78 valence electrons. The van der Waals surface area contributed by atoms with E-state index in [1.165, 1.54) is 17.0 Å². The van der Waals surface area contributed by atoms with Gasteiger partial charge in [-0.05, 0) is 25.6 Å². The summed E-state index contributed by atoms with van der Waals surface area (Å²) in [5, 5.41) is 0. The van der Waals surface area contributed by atoms with Crippen LogP contribution >= 0.6 is 0 Å². The minimum Gasteiger partial charge on any atom is -0.377 e. The Morgan fingerprint density at radius 1 is 1.57 bits per heavy atom. The second-order valence-electron chi connectivity index (χ2n) is 3.89. The van der Waals surface area contributed by atoms with Gasteiger partial charge in [-0.2, -0.15) is 0 Å². The Morgan fingerprint density at radius 3 is 2.64 bits per heavy atom. The van der Waals surface area contributed by atoms with Gasteiger partial charge in [0.2, 0.25) is 0 Å². The number of rotatable bonds is 3. The lowest BCUT2D eigenvalue weighted by molar-refractivity contribution is 0.490. The van der Waals surface area contributed by atoms with Crippen LogP contribution in [0.15, 0.2) is 35.8 Å². The zero-order chi connectivity index (χ0) is 10.7. The van der Waals surface area contributed by atoms with Gasteiger partial charge in [-0.25, -0.2) is 0 Å². The molecular weight excluding hydrogens is 172 g/mol. The number of hydrogen-bond donors (Lipinski definition) is 0. The molecule has 1 heterocycles. The van der Waals surface area contributed by atoms with E-state index in [1.807, 2.05) is 6.92 Å². The first kappa shape index (κ1) is 10.9. The first-order valence-corrected chi connectivity index (χ1v) is 4.99. The Balaban J connectivity index is 2.66. The second-order valence-corrected chi connectivity index (χ2v) is 3.89. The highest BCUT2D eigenvalue weighted by Crippen LogP contribution is 2.28. The molecule has 0 atom stereocenters. The van der Waals surface area contributed by atoms with Crippen molar-refractivity contribution in [3.8, 4) is 0 Å². The second kappa shape index (κ2) is 4.36. The van der Waals surface area contributed by atoms with Crippen LogP contribution in [0.3, 0.4) is 0 Å². The Morgan fingerprint density at radius 2 is 2.21 bits per heavy atom. The minimum absolute atomic E-state index is 1.000. The van der Waals surface area contributed by atoms with Gasteiger partial charge >= 0.3 is 0 Å². The third-order valence-electron chi connectivity index (χ3n) is 2.75. The molecule has 0 unspecified atom stereocenters. The van der Waals surface area contributed by atoms with Crippen molar-refractivity contribution in [2.24, 2.45) is 0 Å². The molecule has 0 aromatic rings. The van der Waals surface area contributed by atoms with Crippen molar-refractivity contribution >= 4 is 0 Å². The molecule has 2 nitrogen and oxygen atoms in total. The fourth-order valence-electron chi connectivity index (χ4n) is 1.75. The van der Waals surface area contributed by atoms with E-state index in [2.05, 4.69) is 49.7 Å². The number of nitrogens with zero attached hydrogens (tertiary/aromatic N) is 2. The fraction of sp³-hybridized carbons (Fsp3) is 0.500. The molecule has 1 aliphatic heterocycles. The van der Waals surface area contributed by atoms with Gasteiger partial charge in [0, 0.05) is 38.5 Å². The Labute approximate surface area is 87.2 Å². The fourth-order valence-corrected chi connectivity index (χ4v) is 1.75. The summed E-state index contributed by atoms with van der Waals surface area (Å²) >= 11 is 0. The van der Waals surface area contributed by atoms with Gasteiger partial charge in [-0.1, -0.05) is 12.7 Å². The molecule has 0 saturated carbocycles. The van der Waals surface area contributed by atoms with Crippen molar-refractivity contribution in [3.63, 3.8) is 0 Å². The lowest BCUT2D eigenvalue weighted by atomic mass is 10.2. The Hall–Kier alpha value is -1.18. The smallest absolute Gasteiger partial charge is 0.0403 e. The van der Waals surface area contributed by atoms with E-state index in [0.717, 1.165) is 13.0 Å². The van der Waals surface area contributed by atoms with Gasteiger partial charge in [-0.15, -0.1) is 0 Å². The number of likely N-dealkylation sites (N-methyl/N-ethyl adjacent to an activating group) is 1. The van der Waals surface area contributed by atoms with E-state index in [4.69, 9.17) is 0 Å². The van der Waals surface area contributed by atoms with Crippen LogP contribution in [0.4, 0.5) is 0 Å². The molecule has 0 spiro atoms. The SMILES string of the molecule is C=C1CC(CN(C)/C=C/C)=C(C)N1C. The third-order valence-corrected chi connectivity index (χ3v) is 2.75. The summed E-state index contributed by atoms with van der Waals surface area (Å²) in [6, 6.07) is 0. The van der Waals surface area contributed by atoms with Crippen molar-refractivity contribution in [2.45, 2.75) is 20.3 Å². The maximum Gasteiger partial charge on any atom is 0.0403 e. The molecule has 1 rings (SSSR count). The summed E-state index contributed by atoms with van der Waals surface area (Å²) in [4.78, 5) is 4.38. The highest BCUT2D eigenvalue weighted by atomic mass is 15.1. The summed E-state index contributed by atoms with van der Waals surface area (Å²) in [7, 11) is 4.18. The highest BCUT2D eigenvalue weighted by Gasteiger charge is 2.19. The van der Waals surface area contributed by atoms with Crippen molar-refractivity contribution in [2.75, 3.05) is 20.6 Å². The predicted molar refractivity (Wildman–Crippen MR) is 61.7 cm³/mol. The monoisotopic (exact) mass is 192 g/mol. The predicted octanol–water partition coefficient (Wildman–Crippen LogP) is 2.58.